The van der Waals surface area contributed by atoms with Crippen LogP contribution in [0.2, 0.25) is 0 Å². The van der Waals surface area contributed by atoms with Gasteiger partial charge in [0.1, 0.15) is 5.82 Å². The SMILES string of the molecule is CNC(c1cc(C)ccc1F)c1snnc1C(C)(C)C. The molecule has 0 aliphatic carbocycles. The van der Waals surface area contributed by atoms with E-state index in [1.54, 1.807) is 6.07 Å². The molecule has 0 fully saturated rings. The van der Waals surface area contributed by atoms with Crippen molar-refractivity contribution >= 4 is 11.5 Å². The Hall–Kier alpha value is -1.33. The number of rotatable bonds is 3. The summed E-state index contributed by atoms with van der Waals surface area (Å²) in [6.45, 7) is 8.23. The minimum Gasteiger partial charge on any atom is -0.308 e. The van der Waals surface area contributed by atoms with Gasteiger partial charge >= 0.3 is 0 Å². The lowest BCUT2D eigenvalue weighted by Gasteiger charge is -2.22. The minimum atomic E-state index is -0.218. The van der Waals surface area contributed by atoms with Crippen LogP contribution in [0.25, 0.3) is 0 Å². The van der Waals surface area contributed by atoms with Crippen LogP contribution in [0.1, 0.15) is 48.5 Å². The van der Waals surface area contributed by atoms with Gasteiger partial charge in [-0.1, -0.05) is 43.0 Å². The van der Waals surface area contributed by atoms with Gasteiger partial charge in [0.25, 0.3) is 0 Å². The molecule has 0 aliphatic rings. The molecular formula is C15H20FN3S. The van der Waals surface area contributed by atoms with Crippen molar-refractivity contribution < 1.29 is 4.39 Å². The molecule has 108 valence electrons. The van der Waals surface area contributed by atoms with Crippen LogP contribution in [0, 0.1) is 12.7 Å². The predicted molar refractivity (Wildman–Crippen MR) is 80.6 cm³/mol. The van der Waals surface area contributed by atoms with E-state index in [4.69, 9.17) is 0 Å². The summed E-state index contributed by atoms with van der Waals surface area (Å²) in [7, 11) is 1.83. The maximum absolute atomic E-state index is 14.2. The van der Waals surface area contributed by atoms with Crippen LogP contribution in [0.4, 0.5) is 4.39 Å². The summed E-state index contributed by atoms with van der Waals surface area (Å²) in [4.78, 5) is 0.976. The molecule has 0 radical (unpaired) electrons. The highest BCUT2D eigenvalue weighted by molar-refractivity contribution is 7.05. The lowest BCUT2D eigenvalue weighted by atomic mass is 9.88. The second-order valence-electron chi connectivity index (χ2n) is 5.98. The first-order chi connectivity index (χ1) is 9.34. The molecule has 1 heterocycles. The van der Waals surface area contributed by atoms with Crippen molar-refractivity contribution in [2.24, 2.45) is 0 Å². The normalized spacial score (nSPS) is 13.5. The van der Waals surface area contributed by atoms with Gasteiger partial charge in [-0.15, -0.1) is 5.10 Å². The zero-order valence-electron chi connectivity index (χ0n) is 12.5. The molecule has 0 bridgehead atoms. The van der Waals surface area contributed by atoms with Crippen molar-refractivity contribution in [2.75, 3.05) is 7.05 Å². The van der Waals surface area contributed by atoms with E-state index in [0.29, 0.717) is 5.56 Å². The van der Waals surface area contributed by atoms with Gasteiger partial charge in [0.2, 0.25) is 0 Å². The predicted octanol–water partition coefficient (Wildman–Crippen LogP) is 3.59. The van der Waals surface area contributed by atoms with Crippen LogP contribution in [-0.4, -0.2) is 16.6 Å². The fourth-order valence-electron chi connectivity index (χ4n) is 2.22. The van der Waals surface area contributed by atoms with Crippen LogP contribution in [0.3, 0.4) is 0 Å². The third-order valence-corrected chi connectivity index (χ3v) is 4.03. The van der Waals surface area contributed by atoms with Gasteiger partial charge in [-0.2, -0.15) is 0 Å². The molecule has 5 heteroatoms. The van der Waals surface area contributed by atoms with Crippen molar-refractivity contribution in [3.8, 4) is 0 Å². The molecule has 2 aromatic rings. The molecule has 20 heavy (non-hydrogen) atoms. The van der Waals surface area contributed by atoms with Crippen LogP contribution in [0.15, 0.2) is 18.2 Å². The number of aromatic nitrogens is 2. The zero-order chi connectivity index (χ0) is 14.9. The number of aryl methyl sites for hydroxylation is 1. The largest absolute Gasteiger partial charge is 0.308 e. The molecule has 0 spiro atoms. The fraction of sp³-hybridized carbons (Fsp3) is 0.467. The van der Waals surface area contributed by atoms with E-state index >= 15 is 0 Å². The summed E-state index contributed by atoms with van der Waals surface area (Å²) < 4.78 is 18.2. The molecule has 1 atom stereocenters. The third kappa shape index (κ3) is 2.88. The Morgan fingerprint density at radius 1 is 1.30 bits per heavy atom. The molecule has 0 amide bonds. The topological polar surface area (TPSA) is 37.8 Å². The molecule has 0 aliphatic heterocycles. The van der Waals surface area contributed by atoms with Gasteiger partial charge < -0.3 is 5.32 Å². The number of nitrogens with one attached hydrogen (secondary N) is 1. The lowest BCUT2D eigenvalue weighted by molar-refractivity contribution is 0.538. The van der Waals surface area contributed by atoms with E-state index in [-0.39, 0.29) is 17.3 Å². The van der Waals surface area contributed by atoms with Crippen LogP contribution in [-0.2, 0) is 5.41 Å². The quantitative estimate of drug-likeness (QED) is 0.939. The summed E-state index contributed by atoms with van der Waals surface area (Å²) in [5.74, 6) is -0.205. The summed E-state index contributed by atoms with van der Waals surface area (Å²) in [6, 6.07) is 4.95. The van der Waals surface area contributed by atoms with Crippen LogP contribution < -0.4 is 5.32 Å². The molecular weight excluding hydrogens is 273 g/mol. The van der Waals surface area contributed by atoms with Gasteiger partial charge in [0.15, 0.2) is 0 Å². The van der Waals surface area contributed by atoms with Crippen molar-refractivity contribution in [2.45, 2.75) is 39.2 Å². The van der Waals surface area contributed by atoms with Gasteiger partial charge in [0.05, 0.1) is 16.6 Å². The third-order valence-electron chi connectivity index (χ3n) is 3.24. The molecule has 2 rings (SSSR count). The number of hydrogen-bond donors (Lipinski definition) is 1. The molecule has 1 N–H and O–H groups in total. The average Bonchev–Trinajstić information content (AvgIpc) is 2.83. The molecule has 1 unspecified atom stereocenters. The molecule has 1 aromatic heterocycles. The first kappa shape index (κ1) is 15.1. The van der Waals surface area contributed by atoms with E-state index < -0.39 is 0 Å². The highest BCUT2D eigenvalue weighted by Gasteiger charge is 2.28. The standard InChI is InChI=1S/C15H20FN3S/c1-9-6-7-11(16)10(8-9)12(17-5)13-14(15(2,3)4)18-19-20-13/h6-8,12,17H,1-5H3. The maximum atomic E-state index is 14.2. The van der Waals surface area contributed by atoms with Gasteiger partial charge in [-0.3, -0.25) is 0 Å². The second-order valence-corrected chi connectivity index (χ2v) is 6.77. The summed E-state index contributed by atoms with van der Waals surface area (Å²) in [5, 5.41) is 7.43. The van der Waals surface area contributed by atoms with Gasteiger partial charge in [-0.25, -0.2) is 4.39 Å². The van der Waals surface area contributed by atoms with E-state index in [0.717, 1.165) is 16.1 Å². The first-order valence-corrected chi connectivity index (χ1v) is 7.38. The lowest BCUT2D eigenvalue weighted by Crippen LogP contribution is -2.23. The Bertz CT molecular complexity index is 601. The van der Waals surface area contributed by atoms with Gasteiger partial charge in [-0.05, 0) is 31.6 Å². The summed E-state index contributed by atoms with van der Waals surface area (Å²) in [5.41, 5.74) is 2.49. The van der Waals surface area contributed by atoms with E-state index in [1.165, 1.54) is 17.6 Å². The van der Waals surface area contributed by atoms with E-state index in [2.05, 4.69) is 35.7 Å². The monoisotopic (exact) mass is 293 g/mol. The van der Waals surface area contributed by atoms with Crippen molar-refractivity contribution in [3.05, 3.63) is 45.7 Å². The Morgan fingerprint density at radius 2 is 2.00 bits per heavy atom. The Labute approximate surface area is 123 Å². The van der Waals surface area contributed by atoms with Crippen molar-refractivity contribution in [3.63, 3.8) is 0 Å². The number of benzene rings is 1. The average molecular weight is 293 g/mol. The summed E-state index contributed by atoms with van der Waals surface area (Å²) in [6.07, 6.45) is 0. The number of halogens is 1. The second kappa shape index (κ2) is 5.58. The summed E-state index contributed by atoms with van der Waals surface area (Å²) >= 11 is 1.33. The number of hydrogen-bond acceptors (Lipinski definition) is 4. The smallest absolute Gasteiger partial charge is 0.128 e. The van der Waals surface area contributed by atoms with E-state index in [9.17, 15) is 4.39 Å². The molecule has 1 aromatic carbocycles. The van der Waals surface area contributed by atoms with E-state index in [1.807, 2.05) is 20.0 Å². The van der Waals surface area contributed by atoms with Crippen molar-refractivity contribution in [1.29, 1.82) is 0 Å². The molecule has 0 saturated heterocycles. The molecule has 0 saturated carbocycles. The van der Waals surface area contributed by atoms with Crippen LogP contribution in [0.5, 0.6) is 0 Å². The zero-order valence-corrected chi connectivity index (χ0v) is 13.3. The minimum absolute atomic E-state index is 0.113. The Morgan fingerprint density at radius 3 is 2.60 bits per heavy atom. The van der Waals surface area contributed by atoms with Crippen molar-refractivity contribution in [1.82, 2.24) is 14.9 Å². The Balaban J connectivity index is 2.54. The first-order valence-electron chi connectivity index (χ1n) is 6.60. The van der Waals surface area contributed by atoms with Gasteiger partial charge in [0, 0.05) is 11.0 Å². The molecule has 3 nitrogen and oxygen atoms in total. The number of nitrogens with zero attached hydrogens (tertiary/aromatic N) is 2. The Kier molecular flexibility index (Phi) is 4.20. The highest BCUT2D eigenvalue weighted by atomic mass is 32.1. The van der Waals surface area contributed by atoms with Crippen LogP contribution >= 0.6 is 11.5 Å². The maximum Gasteiger partial charge on any atom is 0.128 e. The fourth-order valence-corrected chi connectivity index (χ4v) is 3.21. The highest BCUT2D eigenvalue weighted by Crippen LogP contribution is 2.34.